The molecule has 25 heteroatoms. The second-order valence-corrected chi connectivity index (χ2v) is 9.91. The van der Waals surface area contributed by atoms with Gasteiger partial charge in [0, 0.05) is 56.6 Å². The summed E-state index contributed by atoms with van der Waals surface area (Å²) in [6, 6.07) is 5.58. The predicted octanol–water partition coefficient (Wildman–Crippen LogP) is 3.83. The van der Waals surface area contributed by atoms with Gasteiger partial charge in [-0.25, -0.2) is 24.2 Å². The average molecular weight is 761 g/mol. The van der Waals surface area contributed by atoms with E-state index < -0.39 is 48.6 Å². The number of likely N-dealkylation sites (N-methyl/N-ethyl adjacent to an activating group) is 1. The maximum absolute atomic E-state index is 10.6. The smallest absolute Gasteiger partial charge is 0.481 e. The minimum Gasteiger partial charge on any atom is -0.481 e. The van der Waals surface area contributed by atoms with E-state index >= 15 is 0 Å². The third kappa shape index (κ3) is 19.8. The second kappa shape index (κ2) is 20.5. The molecular formula is C25H32F12N4O9. The van der Waals surface area contributed by atoms with Crippen LogP contribution in [0.4, 0.5) is 52.7 Å². The number of halogens is 12. The van der Waals surface area contributed by atoms with Crippen molar-refractivity contribution in [3.05, 3.63) is 23.9 Å². The highest BCUT2D eigenvalue weighted by Crippen LogP contribution is 2.33. The first-order valence-corrected chi connectivity index (χ1v) is 13.3. The number of rotatable bonds is 6. The fourth-order valence-corrected chi connectivity index (χ4v) is 3.91. The van der Waals surface area contributed by atoms with Crippen LogP contribution in [0, 0.1) is 0 Å². The molecule has 0 bridgehead atoms. The number of ether oxygens (including phenoxy) is 1. The first kappa shape index (κ1) is 48.0. The average Bonchev–Trinajstić information content (AvgIpc) is 3.54. The number of carboxylic acid groups (broad SMARTS) is 4. The van der Waals surface area contributed by atoms with Crippen LogP contribution >= 0.6 is 0 Å². The lowest BCUT2D eigenvalue weighted by atomic mass is 10.1. The van der Waals surface area contributed by atoms with Crippen molar-refractivity contribution in [3.63, 3.8) is 0 Å². The van der Waals surface area contributed by atoms with Crippen molar-refractivity contribution in [2.24, 2.45) is 0 Å². The van der Waals surface area contributed by atoms with Gasteiger partial charge in [0.25, 0.3) is 0 Å². The minimum absolute atomic E-state index is 0.701. The van der Waals surface area contributed by atoms with Crippen molar-refractivity contribution in [2.75, 3.05) is 47.4 Å². The second-order valence-electron chi connectivity index (χ2n) is 9.91. The van der Waals surface area contributed by atoms with Crippen molar-refractivity contribution >= 4 is 23.9 Å². The van der Waals surface area contributed by atoms with Crippen LogP contribution in [0.1, 0.15) is 18.4 Å². The Hall–Kier alpha value is -4.13. The summed E-state index contributed by atoms with van der Waals surface area (Å²) in [5.74, 6) is -10.3. The molecule has 2 aliphatic rings. The van der Waals surface area contributed by atoms with Gasteiger partial charge < -0.3 is 30.1 Å². The normalized spacial score (nSPS) is 17.7. The molecule has 0 amide bonds. The van der Waals surface area contributed by atoms with Gasteiger partial charge in [0.1, 0.15) is 0 Å². The molecule has 3 rings (SSSR count). The number of hydrogen-bond donors (Lipinski definition) is 4. The molecule has 2 atom stereocenters. The van der Waals surface area contributed by atoms with Crippen molar-refractivity contribution in [1.29, 1.82) is 0 Å². The standard InChI is InChI=1S/C17H28N4O.4C2HF3O2/c1-19(2)11-12-20-9-6-16-15(20)7-10-21(16)13-14-5-4-8-18-17(14)22-3;4*3-2(4,5)1(6)7/h4-5,8,15-16H,6-7,9-13H2,1-3H3;4*(H,6,7). The van der Waals surface area contributed by atoms with Gasteiger partial charge in [-0.1, -0.05) is 6.07 Å². The van der Waals surface area contributed by atoms with Gasteiger partial charge in [-0.3, -0.25) is 9.80 Å². The number of nitrogens with zero attached hydrogens (tertiary/aromatic N) is 4. The molecule has 1 aromatic rings. The first-order valence-electron chi connectivity index (χ1n) is 13.3. The number of carboxylic acids is 4. The Labute approximate surface area is 274 Å². The SMILES string of the molecule is COc1ncccc1CN1CCC2C1CCN2CCN(C)C.O=C(O)C(F)(F)F.O=C(O)C(F)(F)F.O=C(O)C(F)(F)F.O=C(O)C(F)(F)F. The summed E-state index contributed by atoms with van der Waals surface area (Å²) in [6.45, 7) is 5.73. The highest BCUT2D eigenvalue weighted by Gasteiger charge is 2.42. The van der Waals surface area contributed by atoms with Gasteiger partial charge in [0.2, 0.25) is 5.88 Å². The molecule has 4 N–H and O–H groups in total. The fraction of sp³-hybridized carbons (Fsp3) is 0.640. The maximum Gasteiger partial charge on any atom is 0.490 e. The zero-order chi connectivity index (χ0) is 39.8. The number of methoxy groups -OCH3 is 1. The number of aromatic nitrogens is 1. The topological polar surface area (TPSA) is 181 Å². The summed E-state index contributed by atoms with van der Waals surface area (Å²) >= 11 is 0. The van der Waals surface area contributed by atoms with Crippen LogP contribution in [0.25, 0.3) is 0 Å². The lowest BCUT2D eigenvalue weighted by molar-refractivity contribution is -0.193. The fourth-order valence-electron chi connectivity index (χ4n) is 3.91. The lowest BCUT2D eigenvalue weighted by Gasteiger charge is -2.26. The molecule has 2 aliphatic heterocycles. The third-order valence-corrected chi connectivity index (χ3v) is 6.03. The van der Waals surface area contributed by atoms with E-state index in [1.807, 2.05) is 6.07 Å². The number of carbonyl (C=O) groups is 4. The number of hydrogen-bond acceptors (Lipinski definition) is 9. The Kier molecular flexibility index (Phi) is 19.7. The largest absolute Gasteiger partial charge is 0.490 e. The van der Waals surface area contributed by atoms with Crippen molar-refractivity contribution in [1.82, 2.24) is 19.7 Å². The van der Waals surface area contributed by atoms with E-state index in [0.29, 0.717) is 6.04 Å². The number of aliphatic carboxylic acids is 4. The van der Waals surface area contributed by atoms with Gasteiger partial charge in [0.15, 0.2) is 0 Å². The van der Waals surface area contributed by atoms with E-state index in [1.54, 1.807) is 13.3 Å². The first-order chi connectivity index (χ1) is 22.5. The number of alkyl halides is 12. The molecule has 13 nitrogen and oxygen atoms in total. The Morgan fingerprint density at radius 3 is 1.40 bits per heavy atom. The van der Waals surface area contributed by atoms with Crippen LogP contribution in [0.3, 0.4) is 0 Å². The predicted molar refractivity (Wildman–Crippen MR) is 143 cm³/mol. The molecule has 0 saturated carbocycles. The van der Waals surface area contributed by atoms with E-state index in [-0.39, 0.29) is 0 Å². The van der Waals surface area contributed by atoms with Crippen LogP contribution in [0.5, 0.6) is 5.88 Å². The van der Waals surface area contributed by atoms with Crippen LogP contribution in [0.15, 0.2) is 18.3 Å². The maximum atomic E-state index is 10.6. The lowest BCUT2D eigenvalue weighted by Crippen LogP contribution is -2.39. The molecular weight excluding hydrogens is 728 g/mol. The van der Waals surface area contributed by atoms with Crippen molar-refractivity contribution in [2.45, 2.75) is 56.2 Å². The molecule has 2 fully saturated rings. The van der Waals surface area contributed by atoms with Crippen LogP contribution in [0.2, 0.25) is 0 Å². The zero-order valence-electron chi connectivity index (χ0n) is 26.0. The molecule has 2 unspecified atom stereocenters. The quantitative estimate of drug-likeness (QED) is 0.308. The van der Waals surface area contributed by atoms with E-state index in [1.165, 1.54) is 38.0 Å². The molecule has 0 aliphatic carbocycles. The number of fused-ring (bicyclic) bond motifs is 1. The third-order valence-electron chi connectivity index (χ3n) is 6.03. The molecule has 290 valence electrons. The summed E-state index contributed by atoms with van der Waals surface area (Å²) in [5, 5.41) is 28.5. The Bertz CT molecular complexity index is 1130. The van der Waals surface area contributed by atoms with Crippen molar-refractivity contribution < 1.29 is 97.0 Å². The summed E-state index contributed by atoms with van der Waals surface area (Å²) in [7, 11) is 6.02. The number of pyridine rings is 1. The van der Waals surface area contributed by atoms with Crippen LogP contribution in [-0.4, -0.2) is 148 Å². The van der Waals surface area contributed by atoms with Gasteiger partial charge in [-0.2, -0.15) is 52.7 Å². The highest BCUT2D eigenvalue weighted by atomic mass is 19.4. The van der Waals surface area contributed by atoms with Gasteiger partial charge in [-0.15, -0.1) is 0 Å². The van der Waals surface area contributed by atoms with Gasteiger partial charge in [0.05, 0.1) is 7.11 Å². The Balaban J connectivity index is 0. The molecule has 0 spiro atoms. The molecule has 0 radical (unpaired) electrons. The van der Waals surface area contributed by atoms with Gasteiger partial charge in [-0.05, 0) is 33.0 Å². The van der Waals surface area contributed by atoms with E-state index in [4.69, 9.17) is 44.3 Å². The summed E-state index contributed by atoms with van der Waals surface area (Å²) in [6.07, 6.45) is -15.9. The van der Waals surface area contributed by atoms with Crippen LogP contribution in [-0.2, 0) is 25.7 Å². The summed E-state index contributed by atoms with van der Waals surface area (Å²) in [4.78, 5) is 47.5. The molecule has 50 heavy (non-hydrogen) atoms. The van der Waals surface area contributed by atoms with Crippen molar-refractivity contribution in [3.8, 4) is 5.88 Å². The summed E-state index contributed by atoms with van der Waals surface area (Å²) < 4.78 is 132. The van der Waals surface area contributed by atoms with E-state index in [0.717, 1.165) is 25.0 Å². The number of likely N-dealkylation sites (tertiary alicyclic amines) is 2. The summed E-state index contributed by atoms with van der Waals surface area (Å²) in [5.41, 5.74) is 1.21. The molecule has 1 aromatic heterocycles. The minimum atomic E-state index is -5.08. The highest BCUT2D eigenvalue weighted by molar-refractivity contribution is 5.74. The van der Waals surface area contributed by atoms with E-state index in [9.17, 15) is 52.7 Å². The Morgan fingerprint density at radius 2 is 1.08 bits per heavy atom. The zero-order valence-corrected chi connectivity index (χ0v) is 26.0. The molecule has 0 aromatic carbocycles. The monoisotopic (exact) mass is 760 g/mol. The van der Waals surface area contributed by atoms with E-state index in [2.05, 4.69) is 39.8 Å². The molecule has 3 heterocycles. The Morgan fingerprint density at radius 1 is 0.740 bits per heavy atom. The van der Waals surface area contributed by atoms with Crippen LogP contribution < -0.4 is 4.74 Å². The van der Waals surface area contributed by atoms with Gasteiger partial charge >= 0.3 is 48.6 Å². The molecule has 2 saturated heterocycles.